The molecule has 0 unspecified atom stereocenters. The Kier molecular flexibility index (Phi) is 6.81. The van der Waals surface area contributed by atoms with E-state index in [1.165, 1.54) is 7.05 Å². The molecule has 0 aliphatic heterocycles. The van der Waals surface area contributed by atoms with Crippen molar-refractivity contribution in [2.45, 2.75) is 6.92 Å². The van der Waals surface area contributed by atoms with Crippen molar-refractivity contribution in [2.24, 2.45) is 0 Å². The summed E-state index contributed by atoms with van der Waals surface area (Å²) in [5.41, 5.74) is 1.53. The molecule has 0 atom stereocenters. The Morgan fingerprint density at radius 3 is 2.61 bits per heavy atom. The molecule has 0 spiro atoms. The first-order valence-corrected chi connectivity index (χ1v) is 9.70. The quantitative estimate of drug-likeness (QED) is 0.558. The second kappa shape index (κ2) is 9.53. The first-order chi connectivity index (χ1) is 14.8. The van der Waals surface area contributed by atoms with Gasteiger partial charge in [-0.15, -0.1) is 0 Å². The van der Waals surface area contributed by atoms with E-state index < -0.39 is 24.4 Å². The van der Waals surface area contributed by atoms with Crippen LogP contribution in [0.15, 0.2) is 46.9 Å². The summed E-state index contributed by atoms with van der Waals surface area (Å²) < 4.78 is 15.8. The number of nitrogens with zero attached hydrogens (tertiary/aromatic N) is 1. The highest BCUT2D eigenvalue weighted by Crippen LogP contribution is 2.29. The fourth-order valence-corrected chi connectivity index (χ4v) is 3.06. The SMILES string of the molecule is COc1ccc2oc(C(=O)OCC(=O)N(C)CC(=O)Nc3ccccc3Cl)c(C)c2c1. The predicted octanol–water partition coefficient (Wildman–Crippen LogP) is 3.66. The highest BCUT2D eigenvalue weighted by molar-refractivity contribution is 6.33. The number of carbonyl (C=O) groups is 3. The topological polar surface area (TPSA) is 98.1 Å². The van der Waals surface area contributed by atoms with Gasteiger partial charge in [0.05, 0.1) is 24.4 Å². The summed E-state index contributed by atoms with van der Waals surface area (Å²) in [5, 5.41) is 3.72. The summed E-state index contributed by atoms with van der Waals surface area (Å²) in [6.45, 7) is 0.953. The molecule has 162 valence electrons. The molecule has 2 aromatic carbocycles. The molecule has 8 nitrogen and oxygen atoms in total. The maximum atomic E-state index is 12.4. The van der Waals surface area contributed by atoms with E-state index in [0.29, 0.717) is 33.0 Å². The number of nitrogens with one attached hydrogen (secondary N) is 1. The highest BCUT2D eigenvalue weighted by Gasteiger charge is 2.22. The molecule has 2 amide bonds. The number of carbonyl (C=O) groups excluding carboxylic acids is 3. The summed E-state index contributed by atoms with van der Waals surface area (Å²) in [5.74, 6) is -1.11. The number of anilines is 1. The molecule has 0 saturated heterocycles. The molecule has 0 aliphatic rings. The molecule has 1 aromatic heterocycles. The van der Waals surface area contributed by atoms with E-state index >= 15 is 0 Å². The number of hydrogen-bond acceptors (Lipinski definition) is 6. The van der Waals surface area contributed by atoms with Crippen LogP contribution in [0.25, 0.3) is 11.0 Å². The molecule has 1 heterocycles. The number of ether oxygens (including phenoxy) is 2. The van der Waals surface area contributed by atoms with E-state index in [1.807, 2.05) is 0 Å². The third kappa shape index (κ3) is 5.16. The van der Waals surface area contributed by atoms with Crippen molar-refractivity contribution in [1.82, 2.24) is 4.90 Å². The molecule has 0 saturated carbocycles. The summed E-state index contributed by atoms with van der Waals surface area (Å²) in [6.07, 6.45) is 0. The van der Waals surface area contributed by atoms with Gasteiger partial charge < -0.3 is 24.1 Å². The fraction of sp³-hybridized carbons (Fsp3) is 0.227. The molecule has 3 rings (SSSR count). The maximum Gasteiger partial charge on any atom is 0.375 e. The number of para-hydroxylation sites is 1. The number of likely N-dealkylation sites (N-methyl/N-ethyl adjacent to an activating group) is 1. The smallest absolute Gasteiger partial charge is 0.375 e. The van der Waals surface area contributed by atoms with Gasteiger partial charge in [-0.3, -0.25) is 9.59 Å². The minimum Gasteiger partial charge on any atom is -0.497 e. The minimum absolute atomic E-state index is 0.00942. The van der Waals surface area contributed by atoms with E-state index in [4.69, 9.17) is 25.5 Å². The molecule has 0 radical (unpaired) electrons. The van der Waals surface area contributed by atoms with Gasteiger partial charge >= 0.3 is 5.97 Å². The van der Waals surface area contributed by atoms with E-state index in [2.05, 4.69) is 5.32 Å². The van der Waals surface area contributed by atoms with Crippen LogP contribution in [0, 0.1) is 6.92 Å². The molecule has 1 N–H and O–H groups in total. The van der Waals surface area contributed by atoms with E-state index in [1.54, 1.807) is 56.5 Å². The maximum absolute atomic E-state index is 12.4. The molecule has 31 heavy (non-hydrogen) atoms. The van der Waals surface area contributed by atoms with Gasteiger partial charge in [0.25, 0.3) is 5.91 Å². The number of furan rings is 1. The first kappa shape index (κ1) is 22.2. The number of rotatable bonds is 7. The summed E-state index contributed by atoms with van der Waals surface area (Å²) in [7, 11) is 2.98. The zero-order valence-corrected chi connectivity index (χ0v) is 18.0. The Hall–Kier alpha value is -3.52. The van der Waals surface area contributed by atoms with Crippen LogP contribution in [0.3, 0.4) is 0 Å². The molecule has 3 aromatic rings. The van der Waals surface area contributed by atoms with Crippen LogP contribution < -0.4 is 10.1 Å². The largest absolute Gasteiger partial charge is 0.497 e. The Balaban J connectivity index is 1.56. The lowest BCUT2D eigenvalue weighted by Crippen LogP contribution is -2.37. The number of hydrogen-bond donors (Lipinski definition) is 1. The fourth-order valence-electron chi connectivity index (χ4n) is 2.88. The van der Waals surface area contributed by atoms with Crippen molar-refractivity contribution in [3.05, 3.63) is 58.8 Å². The number of halogens is 1. The number of amides is 2. The normalized spacial score (nSPS) is 10.6. The van der Waals surface area contributed by atoms with Gasteiger partial charge in [0.2, 0.25) is 11.7 Å². The van der Waals surface area contributed by atoms with Crippen molar-refractivity contribution in [1.29, 1.82) is 0 Å². The first-order valence-electron chi connectivity index (χ1n) is 9.32. The molecule has 0 bridgehead atoms. The Labute approximate surface area is 183 Å². The third-order valence-corrected chi connectivity index (χ3v) is 4.94. The standard InChI is InChI=1S/C22H21ClN2O6/c1-13-15-10-14(29-3)8-9-18(15)31-21(13)22(28)30-12-20(27)25(2)11-19(26)24-17-7-5-4-6-16(17)23/h4-10H,11-12H2,1-3H3,(H,24,26). The van der Waals surface area contributed by atoms with Crippen LogP contribution in [0.1, 0.15) is 16.1 Å². The number of methoxy groups -OCH3 is 1. The van der Waals surface area contributed by atoms with Crippen molar-refractivity contribution >= 4 is 46.0 Å². The molecule has 9 heteroatoms. The Bertz CT molecular complexity index is 1140. The molecular formula is C22H21ClN2O6. The van der Waals surface area contributed by atoms with Gasteiger partial charge in [0, 0.05) is 18.0 Å². The van der Waals surface area contributed by atoms with Gasteiger partial charge in [0.15, 0.2) is 6.61 Å². The average molecular weight is 445 g/mol. The van der Waals surface area contributed by atoms with Gasteiger partial charge in [-0.05, 0) is 37.3 Å². The lowest BCUT2D eigenvalue weighted by Gasteiger charge is -2.17. The second-order valence-corrected chi connectivity index (χ2v) is 7.18. The lowest BCUT2D eigenvalue weighted by molar-refractivity contribution is -0.136. The van der Waals surface area contributed by atoms with Crippen LogP contribution in [0.5, 0.6) is 5.75 Å². The zero-order valence-electron chi connectivity index (χ0n) is 17.2. The van der Waals surface area contributed by atoms with E-state index in [0.717, 1.165) is 4.90 Å². The molecule has 0 fully saturated rings. The molecule has 0 aliphatic carbocycles. The number of aryl methyl sites for hydroxylation is 1. The van der Waals surface area contributed by atoms with Crippen molar-refractivity contribution in [2.75, 3.05) is 32.6 Å². The van der Waals surface area contributed by atoms with Crippen molar-refractivity contribution in [3.8, 4) is 5.75 Å². The van der Waals surface area contributed by atoms with Crippen LogP contribution in [-0.4, -0.2) is 50.0 Å². The molecular weight excluding hydrogens is 424 g/mol. The summed E-state index contributed by atoms with van der Waals surface area (Å²) in [4.78, 5) is 38.0. The van der Waals surface area contributed by atoms with Gasteiger partial charge in [0.1, 0.15) is 11.3 Å². The van der Waals surface area contributed by atoms with Gasteiger partial charge in [-0.2, -0.15) is 0 Å². The predicted molar refractivity (Wildman–Crippen MR) is 116 cm³/mol. The number of esters is 1. The Morgan fingerprint density at radius 2 is 1.90 bits per heavy atom. The highest BCUT2D eigenvalue weighted by atomic mass is 35.5. The van der Waals surface area contributed by atoms with E-state index in [-0.39, 0.29) is 12.3 Å². The number of benzene rings is 2. The van der Waals surface area contributed by atoms with Crippen molar-refractivity contribution in [3.63, 3.8) is 0 Å². The van der Waals surface area contributed by atoms with Crippen LogP contribution >= 0.6 is 11.6 Å². The third-order valence-electron chi connectivity index (χ3n) is 4.61. The van der Waals surface area contributed by atoms with Crippen molar-refractivity contribution < 1.29 is 28.3 Å². The van der Waals surface area contributed by atoms with Crippen LogP contribution in [-0.2, 0) is 14.3 Å². The second-order valence-electron chi connectivity index (χ2n) is 6.77. The van der Waals surface area contributed by atoms with Gasteiger partial charge in [-0.1, -0.05) is 23.7 Å². The Morgan fingerprint density at radius 1 is 1.16 bits per heavy atom. The minimum atomic E-state index is -0.769. The summed E-state index contributed by atoms with van der Waals surface area (Å²) >= 11 is 6.00. The van der Waals surface area contributed by atoms with Crippen LogP contribution in [0.2, 0.25) is 5.02 Å². The number of fused-ring (bicyclic) bond motifs is 1. The summed E-state index contributed by atoms with van der Waals surface area (Å²) in [6, 6.07) is 11.9. The van der Waals surface area contributed by atoms with Gasteiger partial charge in [-0.25, -0.2) is 4.79 Å². The monoisotopic (exact) mass is 444 g/mol. The van der Waals surface area contributed by atoms with E-state index in [9.17, 15) is 14.4 Å². The lowest BCUT2D eigenvalue weighted by atomic mass is 10.1. The van der Waals surface area contributed by atoms with Crippen LogP contribution in [0.4, 0.5) is 5.69 Å². The average Bonchev–Trinajstić information content (AvgIpc) is 3.09. The zero-order chi connectivity index (χ0) is 22.5.